The van der Waals surface area contributed by atoms with Crippen molar-refractivity contribution in [3.8, 4) is 11.4 Å². The lowest BCUT2D eigenvalue weighted by Gasteiger charge is -2.31. The van der Waals surface area contributed by atoms with Crippen molar-refractivity contribution in [1.82, 2.24) is 25.5 Å². The largest absolute Gasteiger partial charge is 0.328 e. The Morgan fingerprint density at radius 1 is 1.22 bits per heavy atom. The standard InChI is InChI=1S/C25H31N5O2/c1-4-5-13-24(32)30(23(17-31)18(2)3)16-19-9-8-10-20(15-14-19)21-11-6-7-12-22(21)25-26-28-29-27-25/h6-9,11-12,14-15,17-18,23H,4-5,10,13,16H2,1-3H3,(H,26,27,28,29). The van der Waals surface area contributed by atoms with E-state index in [0.717, 1.165) is 47.8 Å². The van der Waals surface area contributed by atoms with Crippen LogP contribution in [0.1, 0.15) is 52.0 Å². The second kappa shape index (κ2) is 11.3. The Balaban J connectivity index is 1.88. The zero-order chi connectivity index (χ0) is 22.9. The van der Waals surface area contributed by atoms with Crippen LogP contribution in [0.5, 0.6) is 0 Å². The number of tetrazole rings is 1. The first kappa shape index (κ1) is 23.3. The lowest BCUT2D eigenvalue weighted by Crippen LogP contribution is -2.45. The summed E-state index contributed by atoms with van der Waals surface area (Å²) < 4.78 is 0. The van der Waals surface area contributed by atoms with Crippen LogP contribution in [0.3, 0.4) is 0 Å². The number of amides is 1. The van der Waals surface area contributed by atoms with Gasteiger partial charge < -0.3 is 9.69 Å². The van der Waals surface area contributed by atoms with Crippen LogP contribution in [-0.4, -0.2) is 50.3 Å². The average Bonchev–Trinajstić information content (AvgIpc) is 3.23. The molecule has 7 nitrogen and oxygen atoms in total. The van der Waals surface area contributed by atoms with Gasteiger partial charge in [-0.05, 0) is 40.7 Å². The fourth-order valence-corrected chi connectivity index (χ4v) is 3.83. The Morgan fingerprint density at radius 2 is 2.00 bits per heavy atom. The molecule has 1 aromatic heterocycles. The van der Waals surface area contributed by atoms with E-state index in [1.807, 2.05) is 50.3 Å². The van der Waals surface area contributed by atoms with E-state index >= 15 is 0 Å². The van der Waals surface area contributed by atoms with E-state index in [1.54, 1.807) is 4.90 Å². The highest BCUT2D eigenvalue weighted by Crippen LogP contribution is 2.30. The van der Waals surface area contributed by atoms with Crippen LogP contribution < -0.4 is 0 Å². The van der Waals surface area contributed by atoms with Crippen LogP contribution >= 0.6 is 0 Å². The zero-order valence-corrected chi connectivity index (χ0v) is 19.0. The monoisotopic (exact) mass is 433 g/mol. The van der Waals surface area contributed by atoms with Gasteiger partial charge in [-0.3, -0.25) is 4.79 Å². The van der Waals surface area contributed by atoms with Crippen LogP contribution in [0.2, 0.25) is 0 Å². The molecule has 32 heavy (non-hydrogen) atoms. The number of allylic oxidation sites excluding steroid dienone is 4. The third-order valence-corrected chi connectivity index (χ3v) is 5.63. The molecular weight excluding hydrogens is 402 g/mol. The van der Waals surface area contributed by atoms with Gasteiger partial charge in [0, 0.05) is 18.5 Å². The third-order valence-electron chi connectivity index (χ3n) is 5.63. The predicted molar refractivity (Wildman–Crippen MR) is 125 cm³/mol. The number of carbonyl (C=O) groups excluding carboxylic acids is 2. The van der Waals surface area contributed by atoms with E-state index in [0.29, 0.717) is 18.8 Å². The van der Waals surface area contributed by atoms with Crippen molar-refractivity contribution >= 4 is 17.8 Å². The highest BCUT2D eigenvalue weighted by atomic mass is 16.2. The Kier molecular flexibility index (Phi) is 8.25. The molecule has 1 aromatic carbocycles. The number of aromatic nitrogens is 4. The number of nitrogens with zero attached hydrogens (tertiary/aromatic N) is 4. The van der Waals surface area contributed by atoms with E-state index in [-0.39, 0.29) is 11.8 Å². The summed E-state index contributed by atoms with van der Waals surface area (Å²) in [5.74, 6) is 0.640. The Labute approximate surface area is 189 Å². The molecule has 1 atom stereocenters. The minimum absolute atomic E-state index is 0.0304. The van der Waals surface area contributed by atoms with Gasteiger partial charge >= 0.3 is 0 Å². The maximum absolute atomic E-state index is 12.9. The van der Waals surface area contributed by atoms with Crippen LogP contribution in [0.15, 0.2) is 54.1 Å². The highest BCUT2D eigenvalue weighted by Gasteiger charge is 2.26. The summed E-state index contributed by atoms with van der Waals surface area (Å²) in [5.41, 5.74) is 4.07. The van der Waals surface area contributed by atoms with Crippen molar-refractivity contribution in [3.63, 3.8) is 0 Å². The Bertz CT molecular complexity index is 1010. The molecule has 1 amide bonds. The van der Waals surface area contributed by atoms with Gasteiger partial charge in [0.05, 0.1) is 6.04 Å². The molecule has 0 spiro atoms. The van der Waals surface area contributed by atoms with E-state index in [1.165, 1.54) is 0 Å². The molecule has 7 heteroatoms. The summed E-state index contributed by atoms with van der Waals surface area (Å²) in [4.78, 5) is 26.4. The molecule has 2 aromatic rings. The minimum atomic E-state index is -0.431. The highest BCUT2D eigenvalue weighted by molar-refractivity contribution is 5.81. The average molecular weight is 434 g/mol. The van der Waals surface area contributed by atoms with Gasteiger partial charge in [0.2, 0.25) is 11.7 Å². The van der Waals surface area contributed by atoms with Gasteiger partial charge in [-0.1, -0.05) is 75.8 Å². The SMILES string of the molecule is CCCCC(=O)N(CC1=CC=C(c2ccccc2-c2nn[nH]n2)CC=C1)C(C=O)C(C)C. The quantitative estimate of drug-likeness (QED) is 0.562. The molecule has 1 aliphatic rings. The lowest BCUT2D eigenvalue weighted by molar-refractivity contribution is -0.137. The zero-order valence-electron chi connectivity index (χ0n) is 19.0. The number of unbranched alkanes of at least 4 members (excludes halogenated alkanes) is 1. The molecule has 0 bridgehead atoms. The molecule has 0 radical (unpaired) electrons. The van der Waals surface area contributed by atoms with Crippen molar-refractivity contribution in [3.05, 3.63) is 59.7 Å². The number of rotatable bonds is 10. The third kappa shape index (κ3) is 5.66. The fourth-order valence-electron chi connectivity index (χ4n) is 3.83. The van der Waals surface area contributed by atoms with Crippen molar-refractivity contribution in [2.45, 2.75) is 52.5 Å². The van der Waals surface area contributed by atoms with Gasteiger partial charge in [-0.2, -0.15) is 5.21 Å². The molecule has 1 N–H and O–H groups in total. The molecular formula is C25H31N5O2. The number of aromatic amines is 1. The summed E-state index contributed by atoms with van der Waals surface area (Å²) in [7, 11) is 0. The number of H-pyrrole nitrogens is 1. The fraction of sp³-hybridized carbons (Fsp3) is 0.400. The second-order valence-electron chi connectivity index (χ2n) is 8.32. The molecule has 168 valence electrons. The summed E-state index contributed by atoms with van der Waals surface area (Å²) in [6, 6.07) is 7.54. The first-order valence-electron chi connectivity index (χ1n) is 11.2. The molecule has 1 heterocycles. The summed E-state index contributed by atoms with van der Waals surface area (Å²) in [5, 5.41) is 14.4. The van der Waals surface area contributed by atoms with Crippen molar-refractivity contribution in [2.75, 3.05) is 6.54 Å². The minimum Gasteiger partial charge on any atom is -0.328 e. The topological polar surface area (TPSA) is 91.8 Å². The van der Waals surface area contributed by atoms with E-state index in [2.05, 4.69) is 39.7 Å². The van der Waals surface area contributed by atoms with Crippen LogP contribution in [0, 0.1) is 5.92 Å². The normalized spacial score (nSPS) is 14.5. The molecule has 0 saturated carbocycles. The molecule has 0 fully saturated rings. The maximum Gasteiger partial charge on any atom is 0.223 e. The summed E-state index contributed by atoms with van der Waals surface area (Å²) in [6.45, 7) is 6.43. The van der Waals surface area contributed by atoms with Gasteiger partial charge in [-0.15, -0.1) is 10.2 Å². The molecule has 0 aliphatic heterocycles. The lowest BCUT2D eigenvalue weighted by atomic mass is 9.97. The van der Waals surface area contributed by atoms with Gasteiger partial charge in [0.25, 0.3) is 0 Å². The Hall–Kier alpha value is -3.35. The van der Waals surface area contributed by atoms with E-state index < -0.39 is 6.04 Å². The molecule has 3 rings (SSSR count). The van der Waals surface area contributed by atoms with Crippen LogP contribution in [0.4, 0.5) is 0 Å². The van der Waals surface area contributed by atoms with Crippen LogP contribution in [-0.2, 0) is 9.59 Å². The van der Waals surface area contributed by atoms with E-state index in [4.69, 9.17) is 0 Å². The first-order chi connectivity index (χ1) is 15.5. The number of nitrogens with one attached hydrogen (secondary N) is 1. The van der Waals surface area contributed by atoms with Gasteiger partial charge in [-0.25, -0.2) is 0 Å². The van der Waals surface area contributed by atoms with Gasteiger partial charge in [0.1, 0.15) is 6.29 Å². The number of benzene rings is 1. The smallest absolute Gasteiger partial charge is 0.223 e. The van der Waals surface area contributed by atoms with E-state index in [9.17, 15) is 9.59 Å². The molecule has 0 saturated heterocycles. The second-order valence-corrected chi connectivity index (χ2v) is 8.32. The summed E-state index contributed by atoms with van der Waals surface area (Å²) in [6.07, 6.45) is 12.1. The molecule has 1 unspecified atom stereocenters. The maximum atomic E-state index is 12.9. The van der Waals surface area contributed by atoms with Crippen LogP contribution in [0.25, 0.3) is 17.0 Å². The van der Waals surface area contributed by atoms with Gasteiger partial charge in [0.15, 0.2) is 0 Å². The number of carbonyl (C=O) groups is 2. The van der Waals surface area contributed by atoms with Crippen molar-refractivity contribution < 1.29 is 9.59 Å². The number of hydrogen-bond donors (Lipinski definition) is 1. The molecule has 1 aliphatic carbocycles. The first-order valence-corrected chi connectivity index (χ1v) is 11.2. The number of hydrogen-bond acceptors (Lipinski definition) is 5. The predicted octanol–water partition coefficient (Wildman–Crippen LogP) is 4.38. The number of aldehydes is 1. The summed E-state index contributed by atoms with van der Waals surface area (Å²) >= 11 is 0. The van der Waals surface area contributed by atoms with Crippen molar-refractivity contribution in [2.24, 2.45) is 5.92 Å². The Morgan fingerprint density at radius 3 is 2.66 bits per heavy atom. The van der Waals surface area contributed by atoms with Crippen molar-refractivity contribution in [1.29, 1.82) is 0 Å².